The smallest absolute Gasteiger partial charge is 0.209 e. The molecular weight excluding hydrogens is 355 g/mol. The topological polar surface area (TPSA) is 42.9 Å². The molecule has 0 radical (unpaired) electrons. The summed E-state index contributed by atoms with van der Waals surface area (Å²) in [5.74, 6) is -1.15. The van der Waals surface area contributed by atoms with Crippen molar-refractivity contribution in [2.75, 3.05) is 0 Å². The second-order valence-electron chi connectivity index (χ2n) is 3.85. The van der Waals surface area contributed by atoms with Crippen molar-refractivity contribution in [3.8, 4) is 0 Å². The van der Waals surface area contributed by atoms with Crippen molar-refractivity contribution in [2.24, 2.45) is 0 Å². The minimum atomic E-state index is -0.725. The van der Waals surface area contributed by atoms with E-state index in [1.165, 1.54) is 6.07 Å². The average Bonchev–Trinajstić information content (AvgIpc) is 2.84. The van der Waals surface area contributed by atoms with Gasteiger partial charge in [0, 0.05) is 4.47 Å². The van der Waals surface area contributed by atoms with E-state index < -0.39 is 11.6 Å². The molecule has 100 valence electrons. The van der Waals surface area contributed by atoms with Crippen molar-refractivity contribution in [3.63, 3.8) is 0 Å². The van der Waals surface area contributed by atoms with Crippen molar-refractivity contribution < 1.29 is 9.18 Å². The largest absolute Gasteiger partial charge is 0.287 e. The fourth-order valence-electron chi connectivity index (χ4n) is 1.61. The van der Waals surface area contributed by atoms with Gasteiger partial charge in [-0.05, 0) is 46.0 Å². The first-order chi connectivity index (χ1) is 9.06. The van der Waals surface area contributed by atoms with Crippen LogP contribution in [0, 0.1) is 5.82 Å². The Bertz CT molecular complexity index is 632. The van der Waals surface area contributed by atoms with E-state index in [2.05, 4.69) is 25.5 Å². The molecular formula is C12H9BrClFN2OS. The highest BCUT2D eigenvalue weighted by molar-refractivity contribution is 9.10. The van der Waals surface area contributed by atoms with Crippen molar-refractivity contribution >= 4 is 44.8 Å². The summed E-state index contributed by atoms with van der Waals surface area (Å²) >= 11 is 9.88. The molecule has 0 unspecified atom stereocenters. The number of nitrogens with zero attached hydrogens (tertiary/aromatic N) is 2. The third kappa shape index (κ3) is 2.85. The van der Waals surface area contributed by atoms with Gasteiger partial charge in [-0.25, -0.2) is 4.39 Å². The van der Waals surface area contributed by atoms with E-state index in [0.29, 0.717) is 21.5 Å². The fraction of sp³-hybridized carbons (Fsp3) is 0.250. The second-order valence-corrected chi connectivity index (χ2v) is 5.84. The number of benzene rings is 1. The van der Waals surface area contributed by atoms with Crippen LogP contribution >= 0.6 is 39.1 Å². The molecule has 0 bridgehead atoms. The molecule has 0 spiro atoms. The van der Waals surface area contributed by atoms with Gasteiger partial charge in [0.2, 0.25) is 5.78 Å². The van der Waals surface area contributed by atoms with E-state index in [4.69, 9.17) is 11.6 Å². The number of hydrogen-bond donors (Lipinski definition) is 0. The molecule has 0 aliphatic carbocycles. The van der Waals surface area contributed by atoms with Crippen LogP contribution in [0.4, 0.5) is 4.39 Å². The van der Waals surface area contributed by atoms with Crippen LogP contribution in [-0.2, 0) is 6.42 Å². The normalized spacial score (nSPS) is 10.7. The van der Waals surface area contributed by atoms with E-state index in [-0.39, 0.29) is 10.6 Å². The molecule has 19 heavy (non-hydrogen) atoms. The molecule has 0 aliphatic heterocycles. The SMILES string of the molecule is CCCc1nnsc1C(=O)c1ccc(Br)c(Cl)c1F. The fourth-order valence-corrected chi connectivity index (χ4v) is 2.74. The number of halogens is 3. The monoisotopic (exact) mass is 362 g/mol. The summed E-state index contributed by atoms with van der Waals surface area (Å²) in [4.78, 5) is 12.7. The molecule has 2 rings (SSSR count). The number of rotatable bonds is 4. The molecule has 2 aromatic rings. The average molecular weight is 364 g/mol. The minimum absolute atomic E-state index is 0.0587. The summed E-state index contributed by atoms with van der Waals surface area (Å²) in [5.41, 5.74) is 0.549. The van der Waals surface area contributed by atoms with Gasteiger partial charge in [-0.3, -0.25) is 4.79 Å². The highest BCUT2D eigenvalue weighted by Crippen LogP contribution is 2.29. The van der Waals surface area contributed by atoms with Gasteiger partial charge in [-0.15, -0.1) is 5.10 Å². The summed E-state index contributed by atoms with van der Waals surface area (Å²) in [7, 11) is 0. The molecule has 1 aromatic carbocycles. The van der Waals surface area contributed by atoms with Crippen LogP contribution < -0.4 is 0 Å². The lowest BCUT2D eigenvalue weighted by atomic mass is 10.1. The van der Waals surface area contributed by atoms with Crippen molar-refractivity contribution in [1.82, 2.24) is 9.59 Å². The maximum Gasteiger partial charge on any atom is 0.209 e. The van der Waals surface area contributed by atoms with Crippen LogP contribution in [0.5, 0.6) is 0 Å². The summed E-state index contributed by atoms with van der Waals surface area (Å²) in [6.45, 7) is 1.98. The van der Waals surface area contributed by atoms with Gasteiger partial charge in [0.1, 0.15) is 4.88 Å². The van der Waals surface area contributed by atoms with Crippen LogP contribution in [0.25, 0.3) is 0 Å². The third-order valence-electron chi connectivity index (χ3n) is 2.53. The van der Waals surface area contributed by atoms with E-state index in [1.807, 2.05) is 6.92 Å². The molecule has 0 saturated carbocycles. The highest BCUT2D eigenvalue weighted by atomic mass is 79.9. The van der Waals surface area contributed by atoms with Crippen LogP contribution in [-0.4, -0.2) is 15.4 Å². The molecule has 1 aromatic heterocycles. The molecule has 1 heterocycles. The number of aryl methyl sites for hydroxylation is 1. The highest BCUT2D eigenvalue weighted by Gasteiger charge is 2.22. The molecule has 0 atom stereocenters. The zero-order valence-electron chi connectivity index (χ0n) is 9.91. The Morgan fingerprint density at radius 3 is 2.95 bits per heavy atom. The molecule has 0 aliphatic rings. The lowest BCUT2D eigenvalue weighted by molar-refractivity contribution is 0.103. The Morgan fingerprint density at radius 2 is 2.26 bits per heavy atom. The summed E-state index contributed by atoms with van der Waals surface area (Å²) < 4.78 is 18.2. The van der Waals surface area contributed by atoms with E-state index >= 15 is 0 Å². The number of ketones is 1. The Hall–Kier alpha value is -0.850. The summed E-state index contributed by atoms with van der Waals surface area (Å²) in [6.07, 6.45) is 1.48. The van der Waals surface area contributed by atoms with Gasteiger partial charge in [0.05, 0.1) is 16.3 Å². The molecule has 3 nitrogen and oxygen atoms in total. The van der Waals surface area contributed by atoms with Crippen LogP contribution in [0.2, 0.25) is 5.02 Å². The zero-order chi connectivity index (χ0) is 14.0. The van der Waals surface area contributed by atoms with Crippen molar-refractivity contribution in [1.29, 1.82) is 0 Å². The molecule has 0 saturated heterocycles. The number of carbonyl (C=O) groups excluding carboxylic acids is 1. The predicted octanol–water partition coefficient (Wildman–Crippen LogP) is 4.28. The standard InChI is InChI=1S/C12H9BrClFN2OS/c1-2-3-8-12(19-17-16-8)11(18)6-4-5-7(13)9(14)10(6)15/h4-5H,2-3H2,1H3. The Balaban J connectivity index is 2.45. The van der Waals surface area contributed by atoms with Gasteiger partial charge in [-0.2, -0.15) is 0 Å². The zero-order valence-corrected chi connectivity index (χ0v) is 13.1. The molecule has 7 heteroatoms. The molecule has 0 N–H and O–H groups in total. The van der Waals surface area contributed by atoms with Gasteiger partial charge in [0.15, 0.2) is 5.82 Å². The van der Waals surface area contributed by atoms with Gasteiger partial charge < -0.3 is 0 Å². The third-order valence-corrected chi connectivity index (χ3v) is 4.55. The van der Waals surface area contributed by atoms with Gasteiger partial charge in [0.25, 0.3) is 0 Å². The lowest BCUT2D eigenvalue weighted by Gasteiger charge is -2.04. The van der Waals surface area contributed by atoms with E-state index in [1.54, 1.807) is 6.07 Å². The first kappa shape index (κ1) is 14.6. The summed E-state index contributed by atoms with van der Waals surface area (Å²) in [6, 6.07) is 2.95. The van der Waals surface area contributed by atoms with Crippen LogP contribution in [0.15, 0.2) is 16.6 Å². The maximum atomic E-state index is 14.0. The quantitative estimate of drug-likeness (QED) is 0.601. The van der Waals surface area contributed by atoms with Gasteiger partial charge in [-0.1, -0.05) is 29.4 Å². The number of hydrogen-bond acceptors (Lipinski definition) is 4. The molecule has 0 fully saturated rings. The minimum Gasteiger partial charge on any atom is -0.287 e. The maximum absolute atomic E-state index is 14.0. The van der Waals surface area contributed by atoms with E-state index in [9.17, 15) is 9.18 Å². The number of aromatic nitrogens is 2. The van der Waals surface area contributed by atoms with Crippen LogP contribution in [0.1, 0.15) is 34.3 Å². The Kier molecular flexibility index (Phi) is 4.65. The summed E-state index contributed by atoms with van der Waals surface area (Å²) in [5, 5.41) is 3.81. The van der Waals surface area contributed by atoms with E-state index in [0.717, 1.165) is 18.0 Å². The van der Waals surface area contributed by atoms with Crippen LogP contribution in [0.3, 0.4) is 0 Å². The Labute approximate surface area is 127 Å². The Morgan fingerprint density at radius 1 is 1.53 bits per heavy atom. The predicted molar refractivity (Wildman–Crippen MR) is 76.4 cm³/mol. The number of carbonyl (C=O) groups is 1. The van der Waals surface area contributed by atoms with Crippen molar-refractivity contribution in [2.45, 2.75) is 19.8 Å². The lowest BCUT2D eigenvalue weighted by Crippen LogP contribution is -2.06. The van der Waals surface area contributed by atoms with Crippen molar-refractivity contribution in [3.05, 3.63) is 43.6 Å². The second kappa shape index (κ2) is 6.07. The first-order valence-electron chi connectivity index (χ1n) is 5.55. The van der Waals surface area contributed by atoms with Gasteiger partial charge >= 0.3 is 0 Å². The first-order valence-corrected chi connectivity index (χ1v) is 7.50. The molecule has 0 amide bonds.